The number of ether oxygens (including phenoxy) is 4. The lowest BCUT2D eigenvalue weighted by molar-refractivity contribution is -0.145. The van der Waals surface area contributed by atoms with E-state index in [9.17, 15) is 9.59 Å². The van der Waals surface area contributed by atoms with Gasteiger partial charge in [0.25, 0.3) is 0 Å². The molecule has 0 bridgehead atoms. The Morgan fingerprint density at radius 1 is 0.789 bits per heavy atom. The minimum atomic E-state index is -0.195. The molecule has 6 heteroatoms. The second-order valence-corrected chi connectivity index (χ2v) is 3.51. The lowest BCUT2D eigenvalue weighted by Gasteiger charge is -2.00. The first-order valence-corrected chi connectivity index (χ1v) is 6.41. The molecule has 19 heavy (non-hydrogen) atoms. The van der Waals surface area contributed by atoms with Crippen LogP contribution in [0.15, 0.2) is 0 Å². The number of rotatable bonds is 9. The zero-order valence-corrected chi connectivity index (χ0v) is 12.4. The zero-order valence-electron chi connectivity index (χ0n) is 12.4. The van der Waals surface area contributed by atoms with Crippen molar-refractivity contribution in [3.05, 3.63) is 0 Å². The number of methoxy groups -OCH3 is 2. The van der Waals surface area contributed by atoms with Gasteiger partial charge in [-0.3, -0.25) is 9.59 Å². The van der Waals surface area contributed by atoms with Crippen molar-refractivity contribution in [2.75, 3.05) is 40.6 Å². The van der Waals surface area contributed by atoms with Crippen LogP contribution in [-0.4, -0.2) is 52.6 Å². The summed E-state index contributed by atoms with van der Waals surface area (Å²) in [5.74, 6) is -0.372. The Morgan fingerprint density at radius 2 is 1.26 bits per heavy atom. The molecule has 0 saturated carbocycles. The Morgan fingerprint density at radius 3 is 1.63 bits per heavy atom. The zero-order chi connectivity index (χ0) is 14.9. The van der Waals surface area contributed by atoms with E-state index in [-0.39, 0.29) is 11.9 Å². The Bertz CT molecular complexity index is 207. The van der Waals surface area contributed by atoms with Gasteiger partial charge in [0, 0.05) is 14.2 Å². The molecule has 0 amide bonds. The van der Waals surface area contributed by atoms with E-state index in [1.54, 1.807) is 21.1 Å². The summed E-state index contributed by atoms with van der Waals surface area (Å²) in [7, 11) is 3.12. The van der Waals surface area contributed by atoms with Crippen molar-refractivity contribution in [1.29, 1.82) is 0 Å². The molecule has 0 rings (SSSR count). The molecule has 0 aliphatic carbocycles. The van der Waals surface area contributed by atoms with Gasteiger partial charge in [0.05, 0.1) is 39.3 Å². The van der Waals surface area contributed by atoms with Crippen LogP contribution >= 0.6 is 0 Å². The summed E-state index contributed by atoms with van der Waals surface area (Å²) in [6, 6.07) is 0. The van der Waals surface area contributed by atoms with Crippen LogP contribution < -0.4 is 0 Å². The molecule has 0 aromatic heterocycles. The molecule has 0 N–H and O–H groups in total. The standard InChI is InChI=1S/C7H14O3.C6H12O3/c1-3-5-10-7(8)4-6-9-2;1-3-9-6(7)4-5-8-2/h3-6H2,1-2H3;3-5H2,1-2H3. The smallest absolute Gasteiger partial charge is 0.308 e. The van der Waals surface area contributed by atoms with Gasteiger partial charge in [0.1, 0.15) is 0 Å². The van der Waals surface area contributed by atoms with Crippen LogP contribution in [0.3, 0.4) is 0 Å². The Hall–Kier alpha value is -1.14. The lowest BCUT2D eigenvalue weighted by Crippen LogP contribution is -2.07. The maximum Gasteiger partial charge on any atom is 0.308 e. The summed E-state index contributed by atoms with van der Waals surface area (Å²) in [5.41, 5.74) is 0. The molecule has 0 spiro atoms. The molecule has 0 heterocycles. The maximum atomic E-state index is 10.7. The minimum absolute atomic E-state index is 0.177. The number of esters is 2. The van der Waals surface area contributed by atoms with Crippen molar-refractivity contribution in [3.8, 4) is 0 Å². The van der Waals surface area contributed by atoms with Gasteiger partial charge in [-0.1, -0.05) is 6.92 Å². The third-order valence-electron chi connectivity index (χ3n) is 1.79. The molecule has 0 unspecified atom stereocenters. The van der Waals surface area contributed by atoms with Crippen molar-refractivity contribution in [1.82, 2.24) is 0 Å². The highest BCUT2D eigenvalue weighted by Crippen LogP contribution is 1.88. The van der Waals surface area contributed by atoms with Gasteiger partial charge in [-0.2, -0.15) is 0 Å². The van der Waals surface area contributed by atoms with E-state index in [0.29, 0.717) is 39.3 Å². The number of hydrogen-bond donors (Lipinski definition) is 0. The quantitative estimate of drug-likeness (QED) is 0.596. The number of carbonyl (C=O) groups is 2. The van der Waals surface area contributed by atoms with Gasteiger partial charge in [-0.25, -0.2) is 0 Å². The highest BCUT2D eigenvalue weighted by molar-refractivity contribution is 5.69. The first kappa shape index (κ1) is 20.2. The van der Waals surface area contributed by atoms with Gasteiger partial charge in [-0.15, -0.1) is 0 Å². The predicted octanol–water partition coefficient (Wildman–Crippen LogP) is 1.56. The molecule has 0 aromatic carbocycles. The molecule has 0 radical (unpaired) electrons. The highest BCUT2D eigenvalue weighted by Gasteiger charge is 1.99. The van der Waals surface area contributed by atoms with Crippen molar-refractivity contribution >= 4 is 11.9 Å². The molecule has 0 aliphatic heterocycles. The first-order chi connectivity index (χ1) is 9.12. The van der Waals surface area contributed by atoms with Gasteiger partial charge < -0.3 is 18.9 Å². The van der Waals surface area contributed by atoms with Crippen LogP contribution in [0.4, 0.5) is 0 Å². The molecule has 6 nitrogen and oxygen atoms in total. The van der Waals surface area contributed by atoms with Crippen molar-refractivity contribution in [2.45, 2.75) is 33.1 Å². The Labute approximate surface area is 115 Å². The average molecular weight is 278 g/mol. The van der Waals surface area contributed by atoms with E-state index in [1.165, 1.54) is 0 Å². The fraction of sp³-hybridized carbons (Fsp3) is 0.846. The largest absolute Gasteiger partial charge is 0.466 e. The number of hydrogen-bond acceptors (Lipinski definition) is 6. The second kappa shape index (κ2) is 16.9. The van der Waals surface area contributed by atoms with Crippen LogP contribution in [-0.2, 0) is 28.5 Å². The monoisotopic (exact) mass is 278 g/mol. The van der Waals surface area contributed by atoms with Crippen LogP contribution in [0.25, 0.3) is 0 Å². The van der Waals surface area contributed by atoms with Crippen LogP contribution in [0, 0.1) is 0 Å². The van der Waals surface area contributed by atoms with Crippen LogP contribution in [0.2, 0.25) is 0 Å². The molecule has 0 fully saturated rings. The fourth-order valence-corrected chi connectivity index (χ4v) is 0.892. The second-order valence-electron chi connectivity index (χ2n) is 3.51. The first-order valence-electron chi connectivity index (χ1n) is 6.41. The third kappa shape index (κ3) is 19.4. The molecular weight excluding hydrogens is 252 g/mol. The normalized spacial score (nSPS) is 9.26. The van der Waals surface area contributed by atoms with E-state index in [1.807, 2.05) is 6.92 Å². The van der Waals surface area contributed by atoms with E-state index in [4.69, 9.17) is 9.47 Å². The summed E-state index contributed by atoms with van der Waals surface area (Å²) in [6.45, 7) is 5.60. The predicted molar refractivity (Wildman–Crippen MR) is 70.9 cm³/mol. The van der Waals surface area contributed by atoms with Crippen molar-refractivity contribution in [2.24, 2.45) is 0 Å². The van der Waals surface area contributed by atoms with Crippen molar-refractivity contribution < 1.29 is 28.5 Å². The molecule has 114 valence electrons. The summed E-state index contributed by atoms with van der Waals surface area (Å²) in [4.78, 5) is 21.2. The van der Waals surface area contributed by atoms with Crippen LogP contribution in [0.1, 0.15) is 33.1 Å². The van der Waals surface area contributed by atoms with Gasteiger partial charge in [0.2, 0.25) is 0 Å². The Balaban J connectivity index is 0. The number of carbonyl (C=O) groups excluding carboxylic acids is 2. The van der Waals surface area contributed by atoms with E-state index in [2.05, 4.69) is 9.47 Å². The minimum Gasteiger partial charge on any atom is -0.466 e. The Kier molecular flexibility index (Phi) is 17.9. The summed E-state index contributed by atoms with van der Waals surface area (Å²) < 4.78 is 18.7. The molecule has 0 aliphatic rings. The fourth-order valence-electron chi connectivity index (χ4n) is 0.892. The summed E-state index contributed by atoms with van der Waals surface area (Å²) >= 11 is 0. The SMILES string of the molecule is CCCOC(=O)CCOC.CCOC(=O)CCOC. The topological polar surface area (TPSA) is 71.1 Å². The molecular formula is C13H26O6. The average Bonchev–Trinajstić information content (AvgIpc) is 2.41. The van der Waals surface area contributed by atoms with E-state index in [0.717, 1.165) is 6.42 Å². The van der Waals surface area contributed by atoms with E-state index < -0.39 is 0 Å². The highest BCUT2D eigenvalue weighted by atomic mass is 16.5. The van der Waals surface area contributed by atoms with Gasteiger partial charge >= 0.3 is 11.9 Å². The lowest BCUT2D eigenvalue weighted by atomic mass is 10.4. The molecule has 0 saturated heterocycles. The maximum absolute atomic E-state index is 10.7. The molecule has 0 aromatic rings. The third-order valence-corrected chi connectivity index (χ3v) is 1.79. The van der Waals surface area contributed by atoms with Crippen molar-refractivity contribution in [3.63, 3.8) is 0 Å². The summed E-state index contributed by atoms with van der Waals surface area (Å²) in [5, 5.41) is 0. The molecule has 0 atom stereocenters. The summed E-state index contributed by atoms with van der Waals surface area (Å²) in [6.07, 6.45) is 1.58. The van der Waals surface area contributed by atoms with E-state index >= 15 is 0 Å². The van der Waals surface area contributed by atoms with Crippen LogP contribution in [0.5, 0.6) is 0 Å². The van der Waals surface area contributed by atoms with Gasteiger partial charge in [-0.05, 0) is 13.3 Å². The van der Waals surface area contributed by atoms with Gasteiger partial charge in [0.15, 0.2) is 0 Å².